The highest BCUT2D eigenvalue weighted by molar-refractivity contribution is 8.04. The molecule has 3 atom stereocenters. The quantitative estimate of drug-likeness (QED) is 0.550. The minimum atomic E-state index is 0.376. The predicted octanol–water partition coefficient (Wildman–Crippen LogP) is 3.69. The summed E-state index contributed by atoms with van der Waals surface area (Å²) in [5.74, 6) is 0.911. The zero-order valence-electron chi connectivity index (χ0n) is 8.64. The zero-order chi connectivity index (χ0) is 9.15. The van der Waals surface area contributed by atoms with Crippen molar-refractivity contribution in [3.05, 3.63) is 11.0 Å². The van der Waals surface area contributed by atoms with E-state index in [9.17, 15) is 0 Å². The molecule has 0 nitrogen and oxygen atoms in total. The predicted molar refractivity (Wildman–Crippen MR) is 56.2 cm³/mol. The first-order valence-electron chi connectivity index (χ1n) is 4.76. The summed E-state index contributed by atoms with van der Waals surface area (Å²) in [6, 6.07) is 0. The average Bonchev–Trinajstić information content (AvgIpc) is 2.34. The van der Waals surface area contributed by atoms with Crippen molar-refractivity contribution >= 4 is 11.8 Å². The third-order valence-electron chi connectivity index (χ3n) is 3.37. The second kappa shape index (κ2) is 2.12. The van der Waals surface area contributed by atoms with Crippen molar-refractivity contribution in [2.45, 2.75) is 39.9 Å². The van der Waals surface area contributed by atoms with Crippen molar-refractivity contribution in [3.8, 4) is 0 Å². The van der Waals surface area contributed by atoms with E-state index in [1.165, 1.54) is 0 Å². The van der Waals surface area contributed by atoms with E-state index in [0.29, 0.717) is 10.8 Å². The van der Waals surface area contributed by atoms with Crippen LogP contribution >= 0.6 is 11.8 Å². The maximum absolute atomic E-state index is 2.52. The molecule has 68 valence electrons. The topological polar surface area (TPSA) is 0 Å². The van der Waals surface area contributed by atoms with Crippen molar-refractivity contribution < 1.29 is 0 Å². The first kappa shape index (κ1) is 8.68. The van der Waals surface area contributed by atoms with Crippen molar-refractivity contribution in [1.29, 1.82) is 0 Å². The monoisotopic (exact) mass is 182 g/mol. The average molecular weight is 182 g/mol. The lowest BCUT2D eigenvalue weighted by Crippen LogP contribution is -2.07. The largest absolute Gasteiger partial charge is 0.126 e. The Balaban J connectivity index is 2.21. The number of hydrogen-bond donors (Lipinski definition) is 0. The first-order valence-corrected chi connectivity index (χ1v) is 5.63. The van der Waals surface area contributed by atoms with Gasteiger partial charge < -0.3 is 0 Å². The molecule has 1 aliphatic heterocycles. The van der Waals surface area contributed by atoms with Gasteiger partial charge in [-0.05, 0) is 16.2 Å². The lowest BCUT2D eigenvalue weighted by Gasteiger charge is -2.21. The number of rotatable bonds is 0. The van der Waals surface area contributed by atoms with E-state index >= 15 is 0 Å². The molecule has 2 aliphatic rings. The lowest BCUT2D eigenvalue weighted by molar-refractivity contribution is 0.524. The molecule has 2 rings (SSSR count). The van der Waals surface area contributed by atoms with Crippen LogP contribution in [0.3, 0.4) is 0 Å². The molecule has 0 saturated heterocycles. The maximum atomic E-state index is 2.52. The molecule has 3 unspecified atom stereocenters. The van der Waals surface area contributed by atoms with Gasteiger partial charge in [0.15, 0.2) is 0 Å². The van der Waals surface area contributed by atoms with Crippen LogP contribution in [-0.2, 0) is 0 Å². The van der Waals surface area contributed by atoms with E-state index in [0.717, 1.165) is 11.2 Å². The van der Waals surface area contributed by atoms with Crippen LogP contribution in [0.1, 0.15) is 34.6 Å². The van der Waals surface area contributed by atoms with Crippen LogP contribution in [0.15, 0.2) is 11.0 Å². The molecule has 0 bridgehead atoms. The molecule has 0 N–H and O–H groups in total. The van der Waals surface area contributed by atoms with E-state index in [-0.39, 0.29) is 0 Å². The molecule has 0 aromatic carbocycles. The van der Waals surface area contributed by atoms with E-state index < -0.39 is 0 Å². The molecule has 0 amide bonds. The third kappa shape index (κ3) is 0.985. The molecule has 1 saturated carbocycles. The molecule has 0 aromatic rings. The van der Waals surface area contributed by atoms with Crippen LogP contribution in [0.4, 0.5) is 0 Å². The van der Waals surface area contributed by atoms with Crippen molar-refractivity contribution in [3.63, 3.8) is 0 Å². The number of hydrogen-bond acceptors (Lipinski definition) is 1. The Hall–Kier alpha value is 0.0900. The van der Waals surface area contributed by atoms with Gasteiger partial charge in [-0.25, -0.2) is 0 Å². The van der Waals surface area contributed by atoms with Crippen LogP contribution in [0.25, 0.3) is 0 Å². The van der Waals surface area contributed by atoms with Gasteiger partial charge in [0.05, 0.1) is 0 Å². The Labute approximate surface area is 79.8 Å². The smallest absolute Gasteiger partial charge is 0.0217 e. The Morgan fingerprint density at radius 1 is 1.42 bits per heavy atom. The fraction of sp³-hybridized carbons (Fsp3) is 0.818. The van der Waals surface area contributed by atoms with E-state index in [2.05, 4.69) is 52.5 Å². The molecule has 0 radical (unpaired) electrons. The van der Waals surface area contributed by atoms with Gasteiger partial charge >= 0.3 is 0 Å². The lowest BCUT2D eigenvalue weighted by atomic mass is 9.93. The van der Waals surface area contributed by atoms with Gasteiger partial charge in [0.1, 0.15) is 0 Å². The standard InChI is InChI=1S/C11H18S/c1-7-9-11(7,5)6-8(12-9)10(2,3)4/h6-7,9H,1-5H3. The normalized spacial score (nSPS) is 45.6. The highest BCUT2D eigenvalue weighted by Crippen LogP contribution is 2.69. The van der Waals surface area contributed by atoms with Crippen molar-refractivity contribution in [2.24, 2.45) is 16.7 Å². The Morgan fingerprint density at radius 2 is 2.00 bits per heavy atom. The van der Waals surface area contributed by atoms with Gasteiger partial charge in [0, 0.05) is 10.7 Å². The van der Waals surface area contributed by atoms with E-state index in [4.69, 9.17) is 0 Å². The molecule has 1 aliphatic carbocycles. The molecule has 1 heteroatoms. The van der Waals surface area contributed by atoms with Gasteiger partial charge in [-0.1, -0.05) is 40.7 Å². The van der Waals surface area contributed by atoms with Crippen LogP contribution in [-0.4, -0.2) is 5.25 Å². The van der Waals surface area contributed by atoms with Crippen molar-refractivity contribution in [1.82, 2.24) is 0 Å². The summed E-state index contributed by atoms with van der Waals surface area (Å²) in [5, 5.41) is 0.895. The van der Waals surface area contributed by atoms with Gasteiger partial charge in [-0.3, -0.25) is 0 Å². The summed E-state index contributed by atoms with van der Waals surface area (Å²) in [4.78, 5) is 1.60. The minimum Gasteiger partial charge on any atom is -0.126 e. The van der Waals surface area contributed by atoms with Crippen LogP contribution in [0.5, 0.6) is 0 Å². The van der Waals surface area contributed by atoms with Gasteiger partial charge in [-0.15, -0.1) is 11.8 Å². The Kier molecular flexibility index (Phi) is 1.53. The fourth-order valence-corrected chi connectivity index (χ4v) is 3.90. The summed E-state index contributed by atoms with van der Waals surface area (Å²) in [5.41, 5.74) is 0.925. The van der Waals surface area contributed by atoms with E-state index in [1.54, 1.807) is 4.91 Å². The molecule has 1 fully saturated rings. The molecular formula is C11H18S. The summed E-state index contributed by atoms with van der Waals surface area (Å²) < 4.78 is 0. The molecule has 0 aromatic heterocycles. The van der Waals surface area contributed by atoms with Gasteiger partial charge in [0.2, 0.25) is 0 Å². The van der Waals surface area contributed by atoms with Gasteiger partial charge in [0.25, 0.3) is 0 Å². The molecule has 12 heavy (non-hydrogen) atoms. The van der Waals surface area contributed by atoms with Gasteiger partial charge in [-0.2, -0.15) is 0 Å². The summed E-state index contributed by atoms with van der Waals surface area (Å²) in [6.45, 7) is 11.7. The second-order valence-electron chi connectivity index (χ2n) is 5.45. The zero-order valence-corrected chi connectivity index (χ0v) is 9.46. The highest BCUT2D eigenvalue weighted by Gasteiger charge is 2.61. The summed E-state index contributed by atoms with van der Waals surface area (Å²) in [7, 11) is 0. The Morgan fingerprint density at radius 3 is 2.33 bits per heavy atom. The van der Waals surface area contributed by atoms with E-state index in [1.807, 2.05) is 0 Å². The van der Waals surface area contributed by atoms with Crippen LogP contribution < -0.4 is 0 Å². The summed E-state index contributed by atoms with van der Waals surface area (Å²) in [6.07, 6.45) is 2.52. The molecule has 1 heterocycles. The van der Waals surface area contributed by atoms with Crippen LogP contribution in [0, 0.1) is 16.7 Å². The first-order chi connectivity index (χ1) is 5.36. The third-order valence-corrected chi connectivity index (χ3v) is 5.53. The Bertz CT molecular complexity index is 246. The fourth-order valence-electron chi connectivity index (χ4n) is 1.99. The summed E-state index contributed by atoms with van der Waals surface area (Å²) >= 11 is 2.11. The highest BCUT2D eigenvalue weighted by atomic mass is 32.2. The second-order valence-corrected chi connectivity index (χ2v) is 6.64. The maximum Gasteiger partial charge on any atom is 0.0217 e. The minimum absolute atomic E-state index is 0.376. The molecule has 0 spiro atoms. The SMILES string of the molecule is CC1C2SC(C(C)(C)C)=CC12C. The number of thioether (sulfide) groups is 1. The number of fused-ring (bicyclic) bond motifs is 1. The molecular weight excluding hydrogens is 164 g/mol. The number of allylic oxidation sites excluding steroid dienone is 2. The van der Waals surface area contributed by atoms with Crippen molar-refractivity contribution in [2.75, 3.05) is 0 Å². The van der Waals surface area contributed by atoms with Crippen LogP contribution in [0.2, 0.25) is 0 Å².